The molecule has 0 aromatic heterocycles. The van der Waals surface area contributed by atoms with E-state index >= 15 is 0 Å². The Morgan fingerprint density at radius 1 is 1.00 bits per heavy atom. The van der Waals surface area contributed by atoms with E-state index in [2.05, 4.69) is 88.4 Å². The fourth-order valence-electron chi connectivity index (χ4n) is 2.84. The van der Waals surface area contributed by atoms with Crippen molar-refractivity contribution in [1.29, 1.82) is 0 Å². The molecule has 0 fully saturated rings. The zero-order chi connectivity index (χ0) is 21.4. The van der Waals surface area contributed by atoms with Gasteiger partial charge in [-0.25, -0.2) is 0 Å². The van der Waals surface area contributed by atoms with Crippen LogP contribution in [0.15, 0.2) is 59.2 Å². The highest BCUT2D eigenvalue weighted by atomic mass is 35.5. The smallest absolute Gasteiger partial charge is 0.0716 e. The van der Waals surface area contributed by atoms with E-state index in [-0.39, 0.29) is 17.9 Å². The summed E-state index contributed by atoms with van der Waals surface area (Å²) >= 11 is 0. The summed E-state index contributed by atoms with van der Waals surface area (Å²) in [4.78, 5) is 7.00. The molecule has 0 aliphatic heterocycles. The Morgan fingerprint density at radius 2 is 1.67 bits per heavy atom. The molecule has 0 radical (unpaired) electrons. The number of hydrogen-bond acceptors (Lipinski definition) is 3. The van der Waals surface area contributed by atoms with Crippen LogP contribution in [0.1, 0.15) is 72.3 Å². The first-order chi connectivity index (χ1) is 13.9. The van der Waals surface area contributed by atoms with Gasteiger partial charge in [-0.3, -0.25) is 4.99 Å². The molecular formula is C26H43ClN2O. The maximum absolute atomic E-state index is 5.77. The number of benzene rings is 1. The lowest BCUT2D eigenvalue weighted by Crippen LogP contribution is -2.14. The van der Waals surface area contributed by atoms with Crippen LogP contribution in [0.5, 0.6) is 0 Å². The minimum atomic E-state index is -0.0300. The van der Waals surface area contributed by atoms with Gasteiger partial charge in [0.25, 0.3) is 0 Å². The van der Waals surface area contributed by atoms with E-state index in [9.17, 15) is 0 Å². The predicted molar refractivity (Wildman–Crippen MR) is 135 cm³/mol. The van der Waals surface area contributed by atoms with Gasteiger partial charge in [-0.1, -0.05) is 49.2 Å². The lowest BCUT2D eigenvalue weighted by molar-refractivity contribution is 0.117. The van der Waals surface area contributed by atoms with Crippen LogP contribution in [0.25, 0.3) is 0 Å². The van der Waals surface area contributed by atoms with Gasteiger partial charge >= 0.3 is 0 Å². The first-order valence-corrected chi connectivity index (χ1v) is 11.2. The lowest BCUT2D eigenvalue weighted by atomic mass is 10.1. The van der Waals surface area contributed by atoms with Crippen LogP contribution in [0.2, 0.25) is 0 Å². The van der Waals surface area contributed by atoms with Crippen LogP contribution >= 0.6 is 12.4 Å². The molecule has 0 spiro atoms. The van der Waals surface area contributed by atoms with Crippen molar-refractivity contribution in [2.24, 2.45) is 4.99 Å². The van der Waals surface area contributed by atoms with Crippen LogP contribution < -0.4 is 0 Å². The molecule has 0 aliphatic carbocycles. The maximum atomic E-state index is 5.77. The molecule has 30 heavy (non-hydrogen) atoms. The van der Waals surface area contributed by atoms with Crippen molar-refractivity contribution in [3.8, 4) is 0 Å². The summed E-state index contributed by atoms with van der Waals surface area (Å²) in [5, 5.41) is 0. The molecule has 0 amide bonds. The number of unbranched alkanes of at least 4 members (excludes halogenated alkanes) is 3. The van der Waals surface area contributed by atoms with Crippen LogP contribution in [0, 0.1) is 0 Å². The van der Waals surface area contributed by atoms with Crippen molar-refractivity contribution < 1.29 is 4.74 Å². The van der Waals surface area contributed by atoms with Crippen molar-refractivity contribution in [3.63, 3.8) is 0 Å². The van der Waals surface area contributed by atoms with Crippen LogP contribution in [-0.4, -0.2) is 36.3 Å². The normalized spacial score (nSPS) is 12.5. The fourth-order valence-corrected chi connectivity index (χ4v) is 2.84. The zero-order valence-electron chi connectivity index (χ0n) is 19.8. The highest BCUT2D eigenvalue weighted by Gasteiger charge is 2.05. The van der Waals surface area contributed by atoms with E-state index < -0.39 is 0 Å². The third kappa shape index (κ3) is 15.3. The Balaban J connectivity index is 0.00000841. The van der Waals surface area contributed by atoms with Crippen molar-refractivity contribution in [1.82, 2.24) is 4.90 Å². The van der Waals surface area contributed by atoms with Gasteiger partial charge in [0.05, 0.1) is 12.1 Å². The molecule has 0 saturated carbocycles. The number of aliphatic imine (C=N–C) groups is 1. The molecule has 0 N–H and O–H groups in total. The van der Waals surface area contributed by atoms with E-state index in [4.69, 9.17) is 9.73 Å². The first-order valence-electron chi connectivity index (χ1n) is 11.2. The summed E-state index contributed by atoms with van der Waals surface area (Å²) in [6, 6.07) is 10.4. The quantitative estimate of drug-likeness (QED) is 0.175. The summed E-state index contributed by atoms with van der Waals surface area (Å²) in [5.41, 5.74) is 2.53. The average Bonchev–Trinajstić information content (AvgIpc) is 2.70. The molecule has 1 rings (SSSR count). The molecule has 0 saturated heterocycles. The Kier molecular flexibility index (Phi) is 16.2. The SMILES string of the molecule is CCN(/C=C/C=C(/C=NC(C)(C)C)CCCCCCOCc1ccccc1)CC.Cl. The highest BCUT2D eigenvalue weighted by Crippen LogP contribution is 2.12. The molecule has 0 heterocycles. The Hall–Kier alpha value is -1.58. The minimum absolute atomic E-state index is 0. The molecule has 0 bridgehead atoms. The van der Waals surface area contributed by atoms with Crippen molar-refractivity contribution in [2.45, 2.75) is 78.9 Å². The van der Waals surface area contributed by atoms with Crippen LogP contribution in [-0.2, 0) is 11.3 Å². The van der Waals surface area contributed by atoms with E-state index in [1.807, 2.05) is 6.07 Å². The average molecular weight is 435 g/mol. The number of rotatable bonds is 14. The van der Waals surface area contributed by atoms with Crippen LogP contribution in [0.4, 0.5) is 0 Å². The Bertz CT molecular complexity index is 614. The minimum Gasteiger partial charge on any atom is -0.378 e. The van der Waals surface area contributed by atoms with E-state index in [0.717, 1.165) is 39.1 Å². The number of nitrogens with zero attached hydrogens (tertiary/aromatic N) is 2. The number of halogens is 1. The van der Waals surface area contributed by atoms with E-state index in [0.29, 0.717) is 0 Å². The van der Waals surface area contributed by atoms with E-state index in [1.54, 1.807) is 0 Å². The van der Waals surface area contributed by atoms with Gasteiger partial charge in [-0.05, 0) is 77.3 Å². The number of ether oxygens (including phenoxy) is 1. The topological polar surface area (TPSA) is 24.8 Å². The maximum Gasteiger partial charge on any atom is 0.0716 e. The number of allylic oxidation sites excluding steroid dienone is 3. The van der Waals surface area contributed by atoms with Gasteiger partial charge < -0.3 is 9.64 Å². The van der Waals surface area contributed by atoms with Crippen molar-refractivity contribution in [3.05, 3.63) is 59.8 Å². The molecule has 1 aromatic carbocycles. The predicted octanol–water partition coefficient (Wildman–Crippen LogP) is 7.23. The lowest BCUT2D eigenvalue weighted by Gasteiger charge is -2.14. The van der Waals surface area contributed by atoms with Crippen molar-refractivity contribution >= 4 is 18.6 Å². The second-order valence-electron chi connectivity index (χ2n) is 8.44. The highest BCUT2D eigenvalue weighted by molar-refractivity contribution is 5.85. The molecule has 170 valence electrons. The monoisotopic (exact) mass is 434 g/mol. The second-order valence-corrected chi connectivity index (χ2v) is 8.44. The van der Waals surface area contributed by atoms with Gasteiger partial charge in [0.15, 0.2) is 0 Å². The second kappa shape index (κ2) is 17.1. The molecule has 0 aliphatic rings. The molecule has 4 heteroatoms. The summed E-state index contributed by atoms with van der Waals surface area (Å²) in [7, 11) is 0. The van der Waals surface area contributed by atoms with Gasteiger partial charge in [-0.15, -0.1) is 12.4 Å². The summed E-state index contributed by atoms with van der Waals surface area (Å²) < 4.78 is 5.77. The van der Waals surface area contributed by atoms with Crippen LogP contribution in [0.3, 0.4) is 0 Å². The van der Waals surface area contributed by atoms with Gasteiger partial charge in [0.1, 0.15) is 0 Å². The Labute approximate surface area is 191 Å². The fraction of sp³-hybridized carbons (Fsp3) is 0.577. The van der Waals surface area contributed by atoms with Crippen molar-refractivity contribution in [2.75, 3.05) is 19.7 Å². The largest absolute Gasteiger partial charge is 0.378 e. The molecule has 1 aromatic rings. The third-order valence-corrected chi connectivity index (χ3v) is 4.65. The van der Waals surface area contributed by atoms with Gasteiger partial charge in [-0.2, -0.15) is 0 Å². The third-order valence-electron chi connectivity index (χ3n) is 4.65. The zero-order valence-corrected chi connectivity index (χ0v) is 20.6. The molecule has 3 nitrogen and oxygen atoms in total. The summed E-state index contributed by atoms with van der Waals surface area (Å²) in [6.07, 6.45) is 14.5. The number of hydrogen-bond donors (Lipinski definition) is 0. The standard InChI is InChI=1S/C26H42N2O.ClH/c1-6-28(7-2)20-15-19-24(22-27-26(3,4)5)16-11-8-9-14-21-29-23-25-17-12-10-13-18-25;/h10,12-13,15,17-20,22H,6-9,11,14,16,21,23H2,1-5H3;1H/b20-15+,24-19+,27-22?;. The van der Waals surface area contributed by atoms with Gasteiger partial charge in [0.2, 0.25) is 0 Å². The Morgan fingerprint density at radius 3 is 2.30 bits per heavy atom. The first kappa shape index (κ1) is 28.4. The summed E-state index contributed by atoms with van der Waals surface area (Å²) in [6.45, 7) is 14.4. The summed E-state index contributed by atoms with van der Waals surface area (Å²) in [5.74, 6) is 0. The van der Waals surface area contributed by atoms with E-state index in [1.165, 1.54) is 30.4 Å². The molecular weight excluding hydrogens is 392 g/mol. The van der Waals surface area contributed by atoms with Gasteiger partial charge in [0, 0.05) is 25.9 Å². The molecule has 0 unspecified atom stereocenters. The molecule has 0 atom stereocenters.